The standard InChI is InChI=1S/C26H30N2O3S/c1-17-11-12-19(3)23(15-17)27-26(29)24(16-22-9-7-6-8-10-22)28-32(30,31)25-20(4)13-18(2)14-21(25)5/h6-15,24,28H,16H2,1-5H3,(H,27,29)/t24-/m0/s1. The highest BCUT2D eigenvalue weighted by atomic mass is 32.2. The van der Waals surface area contributed by atoms with Gasteiger partial charge in [0.15, 0.2) is 0 Å². The Morgan fingerprint density at radius 1 is 0.812 bits per heavy atom. The van der Waals surface area contributed by atoms with Crippen LogP contribution in [0.4, 0.5) is 5.69 Å². The average molecular weight is 451 g/mol. The molecule has 6 heteroatoms. The first kappa shape index (κ1) is 23.7. The van der Waals surface area contributed by atoms with Gasteiger partial charge in [-0.2, -0.15) is 4.72 Å². The van der Waals surface area contributed by atoms with Crippen LogP contribution < -0.4 is 10.0 Å². The summed E-state index contributed by atoms with van der Waals surface area (Å²) in [5.74, 6) is -0.395. The monoisotopic (exact) mass is 450 g/mol. The van der Waals surface area contributed by atoms with Gasteiger partial charge in [0.05, 0.1) is 4.90 Å². The topological polar surface area (TPSA) is 75.3 Å². The van der Waals surface area contributed by atoms with E-state index in [1.54, 1.807) is 13.8 Å². The van der Waals surface area contributed by atoms with E-state index in [9.17, 15) is 13.2 Å². The Labute approximate surface area is 190 Å². The lowest BCUT2D eigenvalue weighted by atomic mass is 10.1. The van der Waals surface area contributed by atoms with E-state index in [4.69, 9.17) is 0 Å². The van der Waals surface area contributed by atoms with Gasteiger partial charge in [0, 0.05) is 5.69 Å². The Balaban J connectivity index is 1.96. The number of hydrogen-bond acceptors (Lipinski definition) is 3. The number of carbonyl (C=O) groups excluding carboxylic acids is 1. The Bertz CT molecular complexity index is 1210. The minimum absolute atomic E-state index is 0.223. The highest BCUT2D eigenvalue weighted by Crippen LogP contribution is 2.23. The lowest BCUT2D eigenvalue weighted by molar-refractivity contribution is -0.117. The Kier molecular flexibility index (Phi) is 7.16. The van der Waals surface area contributed by atoms with Gasteiger partial charge in [-0.25, -0.2) is 8.42 Å². The maximum Gasteiger partial charge on any atom is 0.242 e. The number of amides is 1. The maximum absolute atomic E-state index is 13.4. The van der Waals surface area contributed by atoms with Gasteiger partial charge in [-0.3, -0.25) is 4.79 Å². The third-order valence-electron chi connectivity index (χ3n) is 5.42. The third-order valence-corrected chi connectivity index (χ3v) is 7.20. The van der Waals surface area contributed by atoms with Crippen LogP contribution >= 0.6 is 0 Å². The zero-order valence-corrected chi connectivity index (χ0v) is 20.0. The summed E-state index contributed by atoms with van der Waals surface area (Å²) in [6, 6.07) is 17.9. The highest BCUT2D eigenvalue weighted by molar-refractivity contribution is 7.89. The molecule has 3 rings (SSSR count). The van der Waals surface area contributed by atoms with E-state index in [2.05, 4.69) is 10.0 Å². The van der Waals surface area contributed by atoms with Crippen molar-refractivity contribution in [2.75, 3.05) is 5.32 Å². The maximum atomic E-state index is 13.4. The summed E-state index contributed by atoms with van der Waals surface area (Å²) in [6.07, 6.45) is 0.237. The van der Waals surface area contributed by atoms with Crippen LogP contribution in [0.2, 0.25) is 0 Å². The number of anilines is 1. The average Bonchev–Trinajstić information content (AvgIpc) is 2.69. The summed E-state index contributed by atoms with van der Waals surface area (Å²) in [5, 5.41) is 2.92. The summed E-state index contributed by atoms with van der Waals surface area (Å²) in [5.41, 5.74) is 5.77. The minimum atomic E-state index is -3.92. The second kappa shape index (κ2) is 9.67. The van der Waals surface area contributed by atoms with E-state index in [-0.39, 0.29) is 11.3 Å². The van der Waals surface area contributed by atoms with Gasteiger partial charge in [0.25, 0.3) is 0 Å². The molecule has 0 aliphatic carbocycles. The summed E-state index contributed by atoms with van der Waals surface area (Å²) >= 11 is 0. The number of benzene rings is 3. The Hall–Kier alpha value is -2.96. The molecule has 0 fully saturated rings. The minimum Gasteiger partial charge on any atom is -0.324 e. The predicted molar refractivity (Wildman–Crippen MR) is 129 cm³/mol. The lowest BCUT2D eigenvalue weighted by Gasteiger charge is -2.21. The van der Waals surface area contributed by atoms with Crippen LogP contribution in [0.15, 0.2) is 65.6 Å². The normalized spacial score (nSPS) is 12.4. The van der Waals surface area contributed by atoms with Crippen molar-refractivity contribution in [3.05, 3.63) is 94.0 Å². The summed E-state index contributed by atoms with van der Waals surface area (Å²) in [6.45, 7) is 9.33. The van der Waals surface area contributed by atoms with Gasteiger partial charge in [0.2, 0.25) is 15.9 Å². The molecule has 5 nitrogen and oxygen atoms in total. The van der Waals surface area contributed by atoms with Crippen molar-refractivity contribution in [1.29, 1.82) is 0 Å². The van der Waals surface area contributed by atoms with Crippen LogP contribution in [0.25, 0.3) is 0 Å². The van der Waals surface area contributed by atoms with Crippen LogP contribution in [0, 0.1) is 34.6 Å². The molecule has 3 aromatic rings. The summed E-state index contributed by atoms with van der Waals surface area (Å²) in [4.78, 5) is 13.5. The molecule has 3 aromatic carbocycles. The molecule has 32 heavy (non-hydrogen) atoms. The smallest absolute Gasteiger partial charge is 0.242 e. The van der Waals surface area contributed by atoms with Gasteiger partial charge >= 0.3 is 0 Å². The first-order chi connectivity index (χ1) is 15.1. The molecule has 0 aromatic heterocycles. The Morgan fingerprint density at radius 2 is 1.44 bits per heavy atom. The van der Waals surface area contributed by atoms with Crippen molar-refractivity contribution in [2.45, 2.75) is 52.0 Å². The summed E-state index contributed by atoms with van der Waals surface area (Å²) < 4.78 is 29.4. The first-order valence-corrected chi connectivity index (χ1v) is 12.1. The van der Waals surface area contributed by atoms with Crippen molar-refractivity contribution in [1.82, 2.24) is 4.72 Å². The van der Waals surface area contributed by atoms with E-state index in [1.165, 1.54) is 0 Å². The largest absolute Gasteiger partial charge is 0.324 e. The van der Waals surface area contributed by atoms with Crippen molar-refractivity contribution in [3.8, 4) is 0 Å². The van der Waals surface area contributed by atoms with Crippen LogP contribution in [0.5, 0.6) is 0 Å². The van der Waals surface area contributed by atoms with Gasteiger partial charge < -0.3 is 5.32 Å². The second-order valence-corrected chi connectivity index (χ2v) is 10.0. The number of sulfonamides is 1. The third kappa shape index (κ3) is 5.64. The number of hydrogen-bond donors (Lipinski definition) is 2. The number of nitrogens with one attached hydrogen (secondary N) is 2. The fourth-order valence-electron chi connectivity index (χ4n) is 3.96. The number of rotatable bonds is 7. The molecule has 0 spiro atoms. The molecule has 0 unspecified atom stereocenters. The van der Waals surface area contributed by atoms with E-state index in [1.807, 2.05) is 81.4 Å². The van der Waals surface area contributed by atoms with Gasteiger partial charge in [-0.1, -0.05) is 60.2 Å². The van der Waals surface area contributed by atoms with E-state index in [0.29, 0.717) is 16.8 Å². The molecular weight excluding hydrogens is 420 g/mol. The molecule has 168 valence electrons. The molecule has 0 heterocycles. The molecule has 2 N–H and O–H groups in total. The van der Waals surface area contributed by atoms with Gasteiger partial charge in [-0.15, -0.1) is 0 Å². The van der Waals surface area contributed by atoms with Crippen molar-refractivity contribution >= 4 is 21.6 Å². The molecule has 0 aliphatic rings. The molecule has 0 saturated carbocycles. The zero-order valence-electron chi connectivity index (χ0n) is 19.2. The quantitative estimate of drug-likeness (QED) is 0.545. The molecule has 0 bridgehead atoms. The van der Waals surface area contributed by atoms with Crippen LogP contribution in [0.1, 0.15) is 33.4 Å². The highest BCUT2D eigenvalue weighted by Gasteiger charge is 2.28. The number of carbonyl (C=O) groups is 1. The SMILES string of the molecule is Cc1cc(C)c(S(=O)(=O)N[C@@H](Cc2ccccc2)C(=O)Nc2cc(C)ccc2C)c(C)c1. The molecule has 0 radical (unpaired) electrons. The van der Waals surface area contributed by atoms with Gasteiger partial charge in [0.1, 0.15) is 6.04 Å². The fourth-order valence-corrected chi connectivity index (χ4v) is 5.61. The number of aryl methyl sites for hydroxylation is 5. The summed E-state index contributed by atoms with van der Waals surface area (Å²) in [7, 11) is -3.92. The van der Waals surface area contributed by atoms with Crippen LogP contribution in [-0.2, 0) is 21.2 Å². The van der Waals surface area contributed by atoms with Crippen LogP contribution in [-0.4, -0.2) is 20.4 Å². The van der Waals surface area contributed by atoms with Crippen molar-refractivity contribution < 1.29 is 13.2 Å². The fraction of sp³-hybridized carbons (Fsp3) is 0.269. The molecule has 1 amide bonds. The van der Waals surface area contributed by atoms with E-state index in [0.717, 1.165) is 22.3 Å². The van der Waals surface area contributed by atoms with E-state index >= 15 is 0 Å². The molecular formula is C26H30N2O3S. The predicted octanol–water partition coefficient (Wildman–Crippen LogP) is 4.76. The zero-order chi connectivity index (χ0) is 23.5. The van der Waals surface area contributed by atoms with Crippen molar-refractivity contribution in [2.24, 2.45) is 0 Å². The van der Waals surface area contributed by atoms with Gasteiger partial charge in [-0.05, 0) is 74.9 Å². The molecule has 0 aliphatic heterocycles. The van der Waals surface area contributed by atoms with Crippen LogP contribution in [0.3, 0.4) is 0 Å². The molecule has 0 saturated heterocycles. The van der Waals surface area contributed by atoms with Crippen molar-refractivity contribution in [3.63, 3.8) is 0 Å². The lowest BCUT2D eigenvalue weighted by Crippen LogP contribution is -2.45. The molecule has 1 atom stereocenters. The Morgan fingerprint density at radius 3 is 2.06 bits per heavy atom. The van der Waals surface area contributed by atoms with E-state index < -0.39 is 22.0 Å². The first-order valence-electron chi connectivity index (χ1n) is 10.6. The second-order valence-electron chi connectivity index (χ2n) is 8.40.